The summed E-state index contributed by atoms with van der Waals surface area (Å²) < 4.78 is 0. The highest BCUT2D eigenvalue weighted by Gasteiger charge is 2.66. The van der Waals surface area contributed by atoms with Crippen LogP contribution in [0.1, 0.15) is 19.8 Å². The molecule has 0 aromatic heterocycles. The van der Waals surface area contributed by atoms with Crippen molar-refractivity contribution >= 4 is 9.24 Å². The van der Waals surface area contributed by atoms with Crippen LogP contribution in [0.4, 0.5) is 0 Å². The van der Waals surface area contributed by atoms with Crippen LogP contribution in [0.25, 0.3) is 0 Å². The predicted octanol–water partition coefficient (Wildman–Crippen LogP) is 1.66. The van der Waals surface area contributed by atoms with Gasteiger partial charge in [-0.25, -0.2) is 0 Å². The van der Waals surface area contributed by atoms with E-state index in [0.29, 0.717) is 0 Å². The fraction of sp³-hybridized carbons (Fsp3) is 1.00. The Hall–Kier alpha value is 0.430. The van der Waals surface area contributed by atoms with Gasteiger partial charge in [0.1, 0.15) is 0 Å². The molecule has 0 nitrogen and oxygen atoms in total. The van der Waals surface area contributed by atoms with E-state index in [1.165, 1.54) is 12.8 Å². The molecule has 3 unspecified atom stereocenters. The molecule has 0 aromatic carbocycles. The lowest BCUT2D eigenvalue weighted by atomic mass is 10.3. The molecule has 0 aliphatic heterocycles. The average molecular weight is 114 g/mol. The first kappa shape index (κ1) is 4.32. The lowest BCUT2D eigenvalue weighted by Gasteiger charge is -1.72. The Morgan fingerprint density at radius 1 is 1.57 bits per heavy atom. The molecule has 0 bridgehead atoms. The van der Waals surface area contributed by atoms with Gasteiger partial charge in [0.05, 0.1) is 0 Å². The van der Waals surface area contributed by atoms with Crippen molar-refractivity contribution in [3.63, 3.8) is 0 Å². The Morgan fingerprint density at radius 3 is 2.00 bits per heavy atom. The van der Waals surface area contributed by atoms with E-state index in [4.69, 9.17) is 0 Å². The van der Waals surface area contributed by atoms with Gasteiger partial charge in [-0.05, 0) is 29.8 Å². The van der Waals surface area contributed by atoms with E-state index in [1.54, 1.807) is 0 Å². The summed E-state index contributed by atoms with van der Waals surface area (Å²) in [6, 6.07) is 0. The smallest absolute Gasteiger partial charge is 0.0174 e. The van der Waals surface area contributed by atoms with Crippen LogP contribution in [0.3, 0.4) is 0 Å². The SMILES string of the molecule is CC1C(P)C12CC2. The fourth-order valence-electron chi connectivity index (χ4n) is 1.67. The van der Waals surface area contributed by atoms with Gasteiger partial charge in [0.15, 0.2) is 0 Å². The standard InChI is InChI=1S/C6H11P/c1-4-5(7)6(4)2-3-6/h4-5H,2-3,7H2,1H3. The topological polar surface area (TPSA) is 0 Å². The van der Waals surface area contributed by atoms with E-state index in [-0.39, 0.29) is 0 Å². The second-order valence-electron chi connectivity index (χ2n) is 3.05. The minimum absolute atomic E-state index is 0.880. The van der Waals surface area contributed by atoms with E-state index >= 15 is 0 Å². The van der Waals surface area contributed by atoms with Gasteiger partial charge in [-0.3, -0.25) is 0 Å². The molecule has 40 valence electrons. The Kier molecular flexibility index (Phi) is 0.562. The summed E-state index contributed by atoms with van der Waals surface area (Å²) in [6.45, 7) is 2.37. The second-order valence-corrected chi connectivity index (χ2v) is 3.77. The molecule has 2 rings (SSSR count). The lowest BCUT2D eigenvalue weighted by Crippen LogP contribution is -1.67. The molecule has 0 N–H and O–H groups in total. The highest BCUT2D eigenvalue weighted by molar-refractivity contribution is 7.18. The highest BCUT2D eigenvalue weighted by atomic mass is 31.0. The van der Waals surface area contributed by atoms with Crippen LogP contribution in [0.15, 0.2) is 0 Å². The van der Waals surface area contributed by atoms with Crippen LogP contribution in [0.2, 0.25) is 0 Å². The Labute approximate surface area is 46.9 Å². The molecule has 7 heavy (non-hydrogen) atoms. The normalized spacial score (nSPS) is 52.3. The summed E-state index contributed by atoms with van der Waals surface area (Å²) in [5.74, 6) is 1.04. The Morgan fingerprint density at radius 2 is 2.00 bits per heavy atom. The molecule has 2 aliphatic carbocycles. The van der Waals surface area contributed by atoms with E-state index < -0.39 is 0 Å². The van der Waals surface area contributed by atoms with Crippen molar-refractivity contribution in [1.82, 2.24) is 0 Å². The molecule has 0 amide bonds. The van der Waals surface area contributed by atoms with Crippen LogP contribution >= 0.6 is 9.24 Å². The summed E-state index contributed by atoms with van der Waals surface area (Å²) >= 11 is 0. The van der Waals surface area contributed by atoms with Crippen LogP contribution < -0.4 is 0 Å². The van der Waals surface area contributed by atoms with Gasteiger partial charge in [-0.1, -0.05) is 6.92 Å². The van der Waals surface area contributed by atoms with Gasteiger partial charge in [0, 0.05) is 0 Å². The molecule has 0 radical (unpaired) electrons. The summed E-state index contributed by atoms with van der Waals surface area (Å²) in [7, 11) is 2.94. The number of rotatable bonds is 0. The van der Waals surface area contributed by atoms with Crippen LogP contribution in [0.5, 0.6) is 0 Å². The number of hydrogen-bond donors (Lipinski definition) is 0. The molecule has 1 spiro atoms. The van der Waals surface area contributed by atoms with Gasteiger partial charge < -0.3 is 0 Å². The van der Waals surface area contributed by atoms with Crippen LogP contribution in [-0.4, -0.2) is 5.66 Å². The monoisotopic (exact) mass is 114 g/mol. The molecule has 1 heteroatoms. The van der Waals surface area contributed by atoms with Crippen molar-refractivity contribution in [3.8, 4) is 0 Å². The Bertz CT molecular complexity index is 94.7. The zero-order valence-electron chi connectivity index (χ0n) is 4.65. The molecule has 0 aromatic rings. The average Bonchev–Trinajstić information content (AvgIpc) is 2.47. The predicted molar refractivity (Wildman–Crippen MR) is 34.3 cm³/mol. The Balaban J connectivity index is 2.17. The van der Waals surface area contributed by atoms with E-state index in [1.807, 2.05) is 0 Å². The largest absolute Gasteiger partial charge is 0.134 e. The summed E-state index contributed by atoms with van der Waals surface area (Å²) in [6.07, 6.45) is 3.03. The minimum Gasteiger partial charge on any atom is -0.134 e. The first-order valence-electron chi connectivity index (χ1n) is 3.03. The van der Waals surface area contributed by atoms with Crippen LogP contribution in [0, 0.1) is 11.3 Å². The van der Waals surface area contributed by atoms with Gasteiger partial charge in [0.25, 0.3) is 0 Å². The summed E-state index contributed by atoms with van der Waals surface area (Å²) in [5.41, 5.74) is 1.87. The maximum absolute atomic E-state index is 2.94. The molecule has 2 aliphatic rings. The maximum Gasteiger partial charge on any atom is -0.0174 e. The quantitative estimate of drug-likeness (QED) is 0.420. The lowest BCUT2D eigenvalue weighted by molar-refractivity contribution is 0.772. The van der Waals surface area contributed by atoms with Gasteiger partial charge in [-0.15, -0.1) is 9.24 Å². The molecule has 2 fully saturated rings. The zero-order chi connectivity index (χ0) is 5.07. The van der Waals surface area contributed by atoms with E-state index in [9.17, 15) is 0 Å². The minimum atomic E-state index is 0.880. The van der Waals surface area contributed by atoms with Gasteiger partial charge in [-0.2, -0.15) is 0 Å². The van der Waals surface area contributed by atoms with Gasteiger partial charge >= 0.3 is 0 Å². The van der Waals surface area contributed by atoms with Crippen molar-refractivity contribution in [2.75, 3.05) is 0 Å². The van der Waals surface area contributed by atoms with Crippen molar-refractivity contribution in [2.24, 2.45) is 11.3 Å². The third-order valence-corrected chi connectivity index (χ3v) is 4.07. The zero-order valence-corrected chi connectivity index (χ0v) is 5.80. The summed E-state index contributed by atoms with van der Waals surface area (Å²) in [4.78, 5) is 0. The van der Waals surface area contributed by atoms with Crippen molar-refractivity contribution in [1.29, 1.82) is 0 Å². The maximum atomic E-state index is 2.94. The van der Waals surface area contributed by atoms with E-state index in [2.05, 4.69) is 16.2 Å². The molecule has 2 saturated carbocycles. The second kappa shape index (κ2) is 0.910. The molecular formula is C6H11P. The first-order valence-corrected chi connectivity index (χ1v) is 3.70. The fourth-order valence-corrected chi connectivity index (χ4v) is 2.58. The van der Waals surface area contributed by atoms with Crippen molar-refractivity contribution < 1.29 is 0 Å². The molecule has 0 heterocycles. The highest BCUT2D eigenvalue weighted by Crippen LogP contribution is 2.73. The third-order valence-electron chi connectivity index (χ3n) is 2.83. The molecule has 0 saturated heterocycles. The number of hydrogen-bond acceptors (Lipinski definition) is 0. The summed E-state index contributed by atoms with van der Waals surface area (Å²) in [5, 5.41) is 0. The first-order chi connectivity index (χ1) is 3.27. The van der Waals surface area contributed by atoms with E-state index in [0.717, 1.165) is 17.0 Å². The van der Waals surface area contributed by atoms with Crippen molar-refractivity contribution in [2.45, 2.75) is 25.4 Å². The molecular weight excluding hydrogens is 103 g/mol. The van der Waals surface area contributed by atoms with Gasteiger partial charge in [0.2, 0.25) is 0 Å². The third kappa shape index (κ3) is 0.334. The van der Waals surface area contributed by atoms with Crippen LogP contribution in [-0.2, 0) is 0 Å². The molecule has 3 atom stereocenters. The van der Waals surface area contributed by atoms with Crippen molar-refractivity contribution in [3.05, 3.63) is 0 Å².